The van der Waals surface area contributed by atoms with Crippen LogP contribution in [0.1, 0.15) is 30.0 Å². The van der Waals surface area contributed by atoms with Gasteiger partial charge in [-0.2, -0.15) is 0 Å². The smallest absolute Gasteiger partial charge is 0.303 e. The molecule has 2 aromatic carbocycles. The Balaban J connectivity index is 1.87. The lowest BCUT2D eigenvalue weighted by molar-refractivity contribution is -0.136. The van der Waals surface area contributed by atoms with Crippen molar-refractivity contribution in [2.24, 2.45) is 0 Å². The molecule has 0 unspecified atom stereocenters. The van der Waals surface area contributed by atoms with Crippen molar-refractivity contribution in [2.45, 2.75) is 32.9 Å². The molecule has 23 heavy (non-hydrogen) atoms. The van der Waals surface area contributed by atoms with Crippen LogP contribution < -0.4 is 10.6 Å². The summed E-state index contributed by atoms with van der Waals surface area (Å²) in [5, 5.41) is 15.5. The molecule has 0 aliphatic rings. The van der Waals surface area contributed by atoms with Gasteiger partial charge in [0.1, 0.15) is 0 Å². The van der Waals surface area contributed by atoms with Crippen LogP contribution in [0.3, 0.4) is 0 Å². The summed E-state index contributed by atoms with van der Waals surface area (Å²) in [5.74, 6) is -0.758. The van der Waals surface area contributed by atoms with E-state index in [4.69, 9.17) is 5.11 Å². The highest BCUT2D eigenvalue weighted by molar-refractivity contribution is 5.67. The summed E-state index contributed by atoms with van der Waals surface area (Å²) in [7, 11) is 0. The molecule has 2 aromatic rings. The molecule has 0 aliphatic heterocycles. The number of aliphatic carboxylic acids is 1. The maximum atomic E-state index is 10.6. The van der Waals surface area contributed by atoms with Crippen molar-refractivity contribution < 1.29 is 9.90 Å². The topological polar surface area (TPSA) is 61.4 Å². The molecule has 0 radical (unpaired) electrons. The molecule has 0 saturated carbocycles. The lowest BCUT2D eigenvalue weighted by atomic mass is 10.1. The van der Waals surface area contributed by atoms with E-state index in [9.17, 15) is 4.79 Å². The first-order chi connectivity index (χ1) is 11.2. The minimum atomic E-state index is -0.758. The number of carbonyl (C=O) groups is 1. The van der Waals surface area contributed by atoms with Gasteiger partial charge in [-0.25, -0.2) is 0 Å². The predicted octanol–water partition coefficient (Wildman–Crippen LogP) is 3.43. The second-order valence-electron chi connectivity index (χ2n) is 5.54. The number of hydrogen-bond acceptors (Lipinski definition) is 3. The zero-order valence-electron chi connectivity index (χ0n) is 13.5. The van der Waals surface area contributed by atoms with Gasteiger partial charge < -0.3 is 15.7 Å². The van der Waals surface area contributed by atoms with E-state index in [2.05, 4.69) is 54.0 Å². The lowest BCUT2D eigenvalue weighted by Crippen LogP contribution is -2.11. The Hall–Kier alpha value is -2.33. The molecule has 3 N–H and O–H groups in total. The summed E-state index contributed by atoms with van der Waals surface area (Å²) in [6.07, 6.45) is 0.742. The number of carboxylic acids is 1. The van der Waals surface area contributed by atoms with Crippen LogP contribution in [0.15, 0.2) is 48.5 Å². The fourth-order valence-electron chi connectivity index (χ4n) is 2.36. The van der Waals surface area contributed by atoms with Gasteiger partial charge in [-0.05, 0) is 41.8 Å². The lowest BCUT2D eigenvalue weighted by Gasteiger charge is -2.09. The van der Waals surface area contributed by atoms with Crippen molar-refractivity contribution in [3.05, 3.63) is 65.2 Å². The molecule has 2 rings (SSSR count). The fraction of sp³-hybridized carbons (Fsp3) is 0.316. The van der Waals surface area contributed by atoms with Crippen molar-refractivity contribution in [1.29, 1.82) is 0 Å². The monoisotopic (exact) mass is 312 g/mol. The van der Waals surface area contributed by atoms with Gasteiger partial charge in [0.05, 0.1) is 0 Å². The van der Waals surface area contributed by atoms with Crippen molar-refractivity contribution in [3.8, 4) is 0 Å². The van der Waals surface area contributed by atoms with Crippen LogP contribution in [0, 0.1) is 0 Å². The Bertz CT molecular complexity index is 624. The molecular formula is C19H24N2O2. The Labute approximate surface area is 137 Å². The molecule has 0 atom stereocenters. The predicted molar refractivity (Wildman–Crippen MR) is 93.5 cm³/mol. The SMILES string of the molecule is CCNCc1ccc(NCc2cccc(CCC(=O)O)c2)cc1. The summed E-state index contributed by atoms with van der Waals surface area (Å²) in [6, 6.07) is 16.5. The highest BCUT2D eigenvalue weighted by atomic mass is 16.4. The van der Waals surface area contributed by atoms with Crippen LogP contribution >= 0.6 is 0 Å². The van der Waals surface area contributed by atoms with Crippen LogP contribution in [-0.4, -0.2) is 17.6 Å². The first kappa shape index (κ1) is 17.0. The largest absolute Gasteiger partial charge is 0.481 e. The maximum absolute atomic E-state index is 10.6. The third-order valence-corrected chi connectivity index (χ3v) is 3.65. The Morgan fingerprint density at radius 2 is 1.74 bits per heavy atom. The third-order valence-electron chi connectivity index (χ3n) is 3.65. The molecule has 0 aliphatic carbocycles. The number of anilines is 1. The first-order valence-corrected chi connectivity index (χ1v) is 8.00. The highest BCUT2D eigenvalue weighted by Gasteiger charge is 2.01. The molecule has 0 spiro atoms. The summed E-state index contributed by atoms with van der Waals surface area (Å²) in [4.78, 5) is 10.6. The number of nitrogens with one attached hydrogen (secondary N) is 2. The first-order valence-electron chi connectivity index (χ1n) is 8.00. The van der Waals surface area contributed by atoms with Crippen molar-refractivity contribution in [2.75, 3.05) is 11.9 Å². The molecular weight excluding hydrogens is 288 g/mol. The summed E-state index contributed by atoms with van der Waals surface area (Å²) < 4.78 is 0. The van der Waals surface area contributed by atoms with Crippen LogP contribution in [0.4, 0.5) is 5.69 Å². The van der Waals surface area contributed by atoms with Crippen LogP contribution in [-0.2, 0) is 24.3 Å². The van der Waals surface area contributed by atoms with E-state index in [1.54, 1.807) is 0 Å². The Morgan fingerprint density at radius 3 is 2.43 bits per heavy atom. The molecule has 4 heteroatoms. The van der Waals surface area contributed by atoms with Crippen LogP contribution in [0.5, 0.6) is 0 Å². The van der Waals surface area contributed by atoms with Gasteiger partial charge in [0.25, 0.3) is 0 Å². The quantitative estimate of drug-likeness (QED) is 0.664. The molecule has 4 nitrogen and oxygen atoms in total. The number of aryl methyl sites for hydroxylation is 1. The molecule has 0 heterocycles. The van der Waals surface area contributed by atoms with Gasteiger partial charge in [0, 0.05) is 25.2 Å². The second kappa shape index (κ2) is 8.96. The van der Waals surface area contributed by atoms with E-state index in [0.717, 1.165) is 36.4 Å². The van der Waals surface area contributed by atoms with Gasteiger partial charge in [0.2, 0.25) is 0 Å². The number of rotatable bonds is 9. The summed E-state index contributed by atoms with van der Waals surface area (Å²) >= 11 is 0. The number of carboxylic acid groups (broad SMARTS) is 1. The standard InChI is InChI=1S/C19H24N2O2/c1-2-20-13-16-6-9-18(10-7-16)21-14-17-5-3-4-15(12-17)8-11-19(22)23/h3-7,9-10,12,20-21H,2,8,11,13-14H2,1H3,(H,22,23). The summed E-state index contributed by atoms with van der Waals surface area (Å²) in [5.41, 5.74) is 4.58. The van der Waals surface area contributed by atoms with Crippen molar-refractivity contribution in [3.63, 3.8) is 0 Å². The van der Waals surface area contributed by atoms with Gasteiger partial charge in [-0.1, -0.05) is 43.3 Å². The van der Waals surface area contributed by atoms with Crippen molar-refractivity contribution in [1.82, 2.24) is 5.32 Å². The molecule has 0 bridgehead atoms. The van der Waals surface area contributed by atoms with E-state index >= 15 is 0 Å². The minimum Gasteiger partial charge on any atom is -0.481 e. The molecule has 0 amide bonds. The van der Waals surface area contributed by atoms with Gasteiger partial charge in [0.15, 0.2) is 0 Å². The Kier molecular flexibility index (Phi) is 6.63. The number of benzene rings is 2. The van der Waals surface area contributed by atoms with E-state index in [-0.39, 0.29) is 6.42 Å². The van der Waals surface area contributed by atoms with E-state index in [1.807, 2.05) is 12.1 Å². The second-order valence-corrected chi connectivity index (χ2v) is 5.54. The fourth-order valence-corrected chi connectivity index (χ4v) is 2.36. The molecule has 0 fully saturated rings. The number of hydrogen-bond donors (Lipinski definition) is 3. The average molecular weight is 312 g/mol. The molecule has 122 valence electrons. The van der Waals surface area contributed by atoms with E-state index in [0.29, 0.717) is 6.42 Å². The normalized spacial score (nSPS) is 10.5. The molecule has 0 aromatic heterocycles. The van der Waals surface area contributed by atoms with E-state index in [1.165, 1.54) is 5.56 Å². The maximum Gasteiger partial charge on any atom is 0.303 e. The van der Waals surface area contributed by atoms with Gasteiger partial charge >= 0.3 is 5.97 Å². The summed E-state index contributed by atoms with van der Waals surface area (Å²) in [6.45, 7) is 4.69. The van der Waals surface area contributed by atoms with Gasteiger partial charge in [-0.15, -0.1) is 0 Å². The third kappa shape index (κ3) is 6.12. The van der Waals surface area contributed by atoms with E-state index < -0.39 is 5.97 Å². The Morgan fingerprint density at radius 1 is 1.00 bits per heavy atom. The van der Waals surface area contributed by atoms with Crippen LogP contribution in [0.2, 0.25) is 0 Å². The minimum absolute atomic E-state index is 0.171. The van der Waals surface area contributed by atoms with Crippen molar-refractivity contribution >= 4 is 11.7 Å². The highest BCUT2D eigenvalue weighted by Crippen LogP contribution is 2.13. The zero-order chi connectivity index (χ0) is 16.5. The van der Waals surface area contributed by atoms with Gasteiger partial charge in [-0.3, -0.25) is 4.79 Å². The average Bonchev–Trinajstić information content (AvgIpc) is 2.57. The zero-order valence-corrected chi connectivity index (χ0v) is 13.5. The van der Waals surface area contributed by atoms with Crippen LogP contribution in [0.25, 0.3) is 0 Å². The molecule has 0 saturated heterocycles.